The second-order valence-electron chi connectivity index (χ2n) is 6.88. The number of aldehydes is 1. The summed E-state index contributed by atoms with van der Waals surface area (Å²) in [6.07, 6.45) is 2.36. The Balaban J connectivity index is 2.29. The van der Waals surface area contributed by atoms with E-state index in [1.165, 1.54) is 13.0 Å². The van der Waals surface area contributed by atoms with Crippen LogP contribution in [-0.2, 0) is 20.9 Å². The number of carbonyl (C=O) groups is 2. The van der Waals surface area contributed by atoms with Crippen molar-refractivity contribution < 1.29 is 36.6 Å². The lowest BCUT2D eigenvalue weighted by Gasteiger charge is -2.17. The molecular formula is C18H18F4O4. The van der Waals surface area contributed by atoms with E-state index in [1.807, 2.05) is 0 Å². The minimum atomic E-state index is -1.71. The quantitative estimate of drug-likeness (QED) is 0.250. The fourth-order valence-corrected chi connectivity index (χ4v) is 2.96. The molecule has 142 valence electrons. The van der Waals surface area contributed by atoms with Crippen LogP contribution in [0.1, 0.15) is 32.8 Å². The van der Waals surface area contributed by atoms with Gasteiger partial charge >= 0.3 is 5.97 Å². The van der Waals surface area contributed by atoms with Gasteiger partial charge in [-0.25, -0.2) is 8.78 Å². The first-order valence-corrected chi connectivity index (χ1v) is 7.73. The van der Waals surface area contributed by atoms with Gasteiger partial charge in [-0.2, -0.15) is 8.78 Å². The first kappa shape index (κ1) is 19.9. The lowest BCUT2D eigenvalue weighted by Crippen LogP contribution is -2.23. The van der Waals surface area contributed by atoms with Crippen LogP contribution in [0.25, 0.3) is 0 Å². The van der Waals surface area contributed by atoms with Crippen molar-refractivity contribution in [3.8, 4) is 5.75 Å². The van der Waals surface area contributed by atoms with Crippen LogP contribution in [0.3, 0.4) is 0 Å². The molecule has 1 aliphatic carbocycles. The Labute approximate surface area is 147 Å². The summed E-state index contributed by atoms with van der Waals surface area (Å²) in [6.45, 7) is 4.03. The normalized spacial score (nSPS) is 21.3. The summed E-state index contributed by atoms with van der Waals surface area (Å²) in [6, 6.07) is 0. The van der Waals surface area contributed by atoms with E-state index in [2.05, 4.69) is 4.74 Å². The van der Waals surface area contributed by atoms with E-state index < -0.39 is 58.0 Å². The highest BCUT2D eigenvalue weighted by atomic mass is 19.2. The van der Waals surface area contributed by atoms with Crippen molar-refractivity contribution >= 4 is 12.3 Å². The minimum absolute atomic E-state index is 0.298. The van der Waals surface area contributed by atoms with E-state index >= 15 is 0 Å². The fourth-order valence-electron chi connectivity index (χ4n) is 2.96. The molecule has 4 nitrogen and oxygen atoms in total. The molecule has 1 unspecified atom stereocenters. The molecule has 2 rings (SSSR count). The van der Waals surface area contributed by atoms with E-state index in [4.69, 9.17) is 4.74 Å². The summed E-state index contributed by atoms with van der Waals surface area (Å²) in [7, 11) is 0.862. The van der Waals surface area contributed by atoms with Gasteiger partial charge in [0, 0.05) is 0 Å². The molecule has 1 aromatic carbocycles. The maximum absolute atomic E-state index is 14.0. The van der Waals surface area contributed by atoms with Crippen molar-refractivity contribution in [3.63, 3.8) is 0 Å². The van der Waals surface area contributed by atoms with Crippen LogP contribution in [0.4, 0.5) is 17.6 Å². The van der Waals surface area contributed by atoms with Crippen LogP contribution in [0.2, 0.25) is 0 Å². The molecular weight excluding hydrogens is 356 g/mol. The van der Waals surface area contributed by atoms with E-state index in [-0.39, 0.29) is 0 Å². The van der Waals surface area contributed by atoms with E-state index in [1.54, 1.807) is 13.8 Å². The third-order valence-electron chi connectivity index (χ3n) is 4.69. The Hall–Kier alpha value is -2.38. The Bertz CT molecular complexity index is 772. The molecule has 1 aliphatic rings. The molecule has 0 bridgehead atoms. The average Bonchev–Trinajstić information content (AvgIpc) is 3.15. The zero-order valence-electron chi connectivity index (χ0n) is 14.7. The molecule has 0 amide bonds. The van der Waals surface area contributed by atoms with Gasteiger partial charge in [0.05, 0.1) is 18.1 Å². The Morgan fingerprint density at radius 3 is 2.00 bits per heavy atom. The van der Waals surface area contributed by atoms with Gasteiger partial charge in [0.15, 0.2) is 17.4 Å². The zero-order valence-corrected chi connectivity index (χ0v) is 14.7. The minimum Gasteiger partial charge on any atom is -0.491 e. The third-order valence-corrected chi connectivity index (χ3v) is 4.69. The lowest BCUT2D eigenvalue weighted by molar-refractivity contribution is -0.151. The molecule has 8 heteroatoms. The van der Waals surface area contributed by atoms with E-state index in [0.29, 0.717) is 18.3 Å². The molecule has 26 heavy (non-hydrogen) atoms. The molecule has 1 fully saturated rings. The molecule has 0 aliphatic heterocycles. The van der Waals surface area contributed by atoms with Gasteiger partial charge in [-0.05, 0) is 24.3 Å². The molecule has 0 saturated heterocycles. The highest BCUT2D eigenvalue weighted by Crippen LogP contribution is 2.65. The van der Waals surface area contributed by atoms with Crippen LogP contribution in [0, 0.1) is 34.1 Å². The molecule has 0 heterocycles. The Kier molecular flexibility index (Phi) is 5.17. The average molecular weight is 374 g/mol. The van der Waals surface area contributed by atoms with Gasteiger partial charge in [-0.1, -0.05) is 19.9 Å². The standard InChI is InChI=1S/C18H18F4O4/c1-9(6-23)5-18(8-17(18,2)3)16(24)26-7-10-11(19)13(21)15(25-4)14(22)12(10)20/h5-6H,7-8H2,1-4H3/b9-5+. The Morgan fingerprint density at radius 2 is 1.62 bits per heavy atom. The number of hydrogen-bond donors (Lipinski definition) is 0. The number of rotatable bonds is 6. The van der Waals surface area contributed by atoms with Gasteiger partial charge in [-0.15, -0.1) is 0 Å². The lowest BCUT2D eigenvalue weighted by atomic mass is 9.93. The first-order chi connectivity index (χ1) is 12.0. The molecule has 0 radical (unpaired) electrons. The van der Waals surface area contributed by atoms with Gasteiger partial charge < -0.3 is 9.47 Å². The zero-order chi connectivity index (χ0) is 19.9. The van der Waals surface area contributed by atoms with Crippen molar-refractivity contribution in [2.45, 2.75) is 33.8 Å². The summed E-state index contributed by atoms with van der Waals surface area (Å²) in [5.41, 5.74) is -2.42. The highest BCUT2D eigenvalue weighted by molar-refractivity contribution is 5.86. The number of benzene rings is 1. The Morgan fingerprint density at radius 1 is 1.12 bits per heavy atom. The van der Waals surface area contributed by atoms with E-state index in [9.17, 15) is 27.2 Å². The summed E-state index contributed by atoms with van der Waals surface area (Å²) in [5.74, 6) is -8.85. The monoisotopic (exact) mass is 374 g/mol. The SMILES string of the molecule is COc1c(F)c(F)c(COC(=O)C2(/C=C(\C)C=O)CC2(C)C)c(F)c1F. The predicted octanol–water partition coefficient (Wildman–Crippen LogP) is 3.86. The van der Waals surface area contributed by atoms with Gasteiger partial charge in [0.1, 0.15) is 12.9 Å². The van der Waals surface area contributed by atoms with Gasteiger partial charge in [0.25, 0.3) is 0 Å². The van der Waals surface area contributed by atoms with Gasteiger partial charge in [-0.3, -0.25) is 9.59 Å². The number of esters is 1. The molecule has 0 spiro atoms. The van der Waals surface area contributed by atoms with Crippen LogP contribution >= 0.6 is 0 Å². The molecule has 0 N–H and O–H groups in total. The number of allylic oxidation sites excluding steroid dienone is 1. The van der Waals surface area contributed by atoms with E-state index in [0.717, 1.165) is 7.11 Å². The maximum atomic E-state index is 14.0. The molecule has 1 atom stereocenters. The summed E-state index contributed by atoms with van der Waals surface area (Å²) >= 11 is 0. The fraction of sp³-hybridized carbons (Fsp3) is 0.444. The number of halogens is 4. The van der Waals surface area contributed by atoms with Crippen LogP contribution < -0.4 is 4.74 Å². The maximum Gasteiger partial charge on any atom is 0.316 e. The highest BCUT2D eigenvalue weighted by Gasteiger charge is 2.66. The number of ether oxygens (including phenoxy) is 2. The molecule has 0 aromatic heterocycles. The van der Waals surface area contributed by atoms with Crippen molar-refractivity contribution in [2.75, 3.05) is 7.11 Å². The molecule has 1 aromatic rings. The second kappa shape index (κ2) is 6.74. The van der Waals surface area contributed by atoms with Crippen molar-refractivity contribution in [1.29, 1.82) is 0 Å². The van der Waals surface area contributed by atoms with Crippen molar-refractivity contribution in [2.24, 2.45) is 10.8 Å². The van der Waals surface area contributed by atoms with Crippen LogP contribution in [0.15, 0.2) is 11.6 Å². The van der Waals surface area contributed by atoms with Gasteiger partial charge in [0.2, 0.25) is 11.6 Å². The number of hydrogen-bond acceptors (Lipinski definition) is 4. The van der Waals surface area contributed by atoms with Crippen LogP contribution in [-0.4, -0.2) is 19.4 Å². The summed E-state index contributed by atoms with van der Waals surface area (Å²) in [4.78, 5) is 23.3. The summed E-state index contributed by atoms with van der Waals surface area (Å²) < 4.78 is 64.6. The third kappa shape index (κ3) is 3.08. The number of carbonyl (C=O) groups excluding carboxylic acids is 2. The summed E-state index contributed by atoms with van der Waals surface area (Å²) in [5, 5.41) is 0. The van der Waals surface area contributed by atoms with Crippen molar-refractivity contribution in [1.82, 2.24) is 0 Å². The number of methoxy groups -OCH3 is 1. The first-order valence-electron chi connectivity index (χ1n) is 7.73. The molecule has 1 saturated carbocycles. The second-order valence-corrected chi connectivity index (χ2v) is 6.88. The van der Waals surface area contributed by atoms with Crippen LogP contribution in [0.5, 0.6) is 5.75 Å². The smallest absolute Gasteiger partial charge is 0.316 e. The largest absolute Gasteiger partial charge is 0.491 e. The predicted molar refractivity (Wildman–Crippen MR) is 83.3 cm³/mol. The topological polar surface area (TPSA) is 52.6 Å². The van der Waals surface area contributed by atoms with Crippen molar-refractivity contribution in [3.05, 3.63) is 40.5 Å².